The molecule has 0 N–H and O–H groups in total. The Morgan fingerprint density at radius 1 is 0.442 bits per heavy atom. The highest BCUT2D eigenvalue weighted by molar-refractivity contribution is 7.29. The number of hydrogen-bond acceptors (Lipinski definition) is 5. The van der Waals surface area contributed by atoms with Gasteiger partial charge in [0, 0.05) is 48.8 Å². The van der Waals surface area contributed by atoms with Crippen molar-refractivity contribution in [2.24, 2.45) is 0 Å². The van der Waals surface area contributed by atoms with Crippen molar-refractivity contribution in [1.82, 2.24) is 0 Å². The molecule has 0 unspecified atom stereocenters. The highest BCUT2D eigenvalue weighted by Gasteiger charge is 2.15. The van der Waals surface area contributed by atoms with Crippen molar-refractivity contribution in [1.29, 1.82) is 0 Å². The minimum atomic E-state index is -1.35. The summed E-state index contributed by atoms with van der Waals surface area (Å²) in [4.78, 5) is 14.1. The maximum Gasteiger partial charge on any atom is 0.150 e. The van der Waals surface area contributed by atoms with E-state index in [2.05, 4.69) is 80.7 Å². The van der Waals surface area contributed by atoms with Gasteiger partial charge in [-0.15, -0.1) is 56.7 Å². The van der Waals surface area contributed by atoms with E-state index in [4.69, 9.17) is 11.1 Å². The molecule has 230 valence electrons. The van der Waals surface area contributed by atoms with Crippen molar-refractivity contribution in [3.63, 3.8) is 0 Å². The lowest BCUT2D eigenvalue weighted by Crippen LogP contribution is -2.14. The van der Waals surface area contributed by atoms with Crippen LogP contribution in [-0.4, -0.2) is 7.38 Å². The lowest BCUT2D eigenvalue weighted by molar-refractivity contribution is 0.556. The molecule has 0 nitrogen and oxygen atoms in total. The van der Waals surface area contributed by atoms with Gasteiger partial charge in [0.05, 0.1) is 0 Å². The van der Waals surface area contributed by atoms with E-state index in [1.54, 1.807) is 0 Å². The molecule has 0 spiro atoms. The molecule has 0 fully saturated rings. The number of hydrogen-bond donors (Lipinski definition) is 0. The van der Waals surface area contributed by atoms with E-state index in [0.717, 1.165) is 6.42 Å². The normalized spacial score (nSPS) is 12.0. The zero-order chi connectivity index (χ0) is 30.1. The summed E-state index contributed by atoms with van der Waals surface area (Å²) in [5, 5.41) is 0. The Bertz CT molecular complexity index is 1520. The molecule has 7 heteroatoms. The first-order chi connectivity index (χ1) is 20.9. The van der Waals surface area contributed by atoms with Crippen LogP contribution in [0.15, 0.2) is 60.7 Å². The molecule has 5 rings (SSSR count). The van der Waals surface area contributed by atoms with Crippen LogP contribution in [0.3, 0.4) is 0 Å². The van der Waals surface area contributed by atoms with E-state index in [1.165, 1.54) is 125 Å². The number of halogens is 1. The van der Waals surface area contributed by atoms with Crippen LogP contribution >= 0.6 is 67.8 Å². The van der Waals surface area contributed by atoms with Crippen molar-refractivity contribution in [2.75, 3.05) is 0 Å². The Morgan fingerprint density at radius 3 is 1.16 bits per heavy atom. The highest BCUT2D eigenvalue weighted by Crippen LogP contribution is 2.44. The number of aryl methyl sites for hydroxylation is 2. The molecule has 5 aromatic rings. The Morgan fingerprint density at radius 2 is 0.767 bits per heavy atom. The fraction of sp³-hybridized carbons (Fsp3) is 0.444. The molecule has 5 heterocycles. The van der Waals surface area contributed by atoms with Crippen molar-refractivity contribution < 1.29 is 0 Å². The zero-order valence-electron chi connectivity index (χ0n) is 25.9. The van der Waals surface area contributed by atoms with Gasteiger partial charge in [0.25, 0.3) is 0 Å². The molecule has 0 amide bonds. The Hall–Kier alpha value is -0.993. The Labute approximate surface area is 285 Å². The van der Waals surface area contributed by atoms with Crippen molar-refractivity contribution in [2.45, 2.75) is 103 Å². The molecule has 0 atom stereocenters. The maximum atomic E-state index is 6.42. The van der Waals surface area contributed by atoms with Crippen LogP contribution in [0.4, 0.5) is 0 Å². The van der Waals surface area contributed by atoms with Gasteiger partial charge in [-0.1, -0.05) is 77.8 Å². The van der Waals surface area contributed by atoms with E-state index in [0.29, 0.717) is 0 Å². The van der Waals surface area contributed by atoms with Crippen molar-refractivity contribution in [3.8, 4) is 39.0 Å². The monoisotopic (exact) mass is 700 g/mol. The van der Waals surface area contributed by atoms with Gasteiger partial charge in [0.2, 0.25) is 0 Å². The van der Waals surface area contributed by atoms with Gasteiger partial charge in [0.1, 0.15) is 7.38 Å². The molecular formula is C36H45ClS5Si. The van der Waals surface area contributed by atoms with E-state index in [1.807, 2.05) is 56.7 Å². The summed E-state index contributed by atoms with van der Waals surface area (Å²) in [6.07, 6.45) is 16.2. The van der Waals surface area contributed by atoms with Gasteiger partial charge >= 0.3 is 0 Å². The molecule has 0 aliphatic carbocycles. The number of unbranched alkanes of at least 4 members (excludes halogenated alkanes) is 9. The van der Waals surface area contributed by atoms with Crippen LogP contribution in [0.5, 0.6) is 0 Å². The fourth-order valence-electron chi connectivity index (χ4n) is 5.41. The van der Waals surface area contributed by atoms with Crippen LogP contribution in [0.1, 0.15) is 80.9 Å². The predicted octanol–water partition coefficient (Wildman–Crippen LogP) is 15.1. The first-order valence-electron chi connectivity index (χ1n) is 16.1. The Balaban J connectivity index is 1.02. The topological polar surface area (TPSA) is 0 Å². The average molecular weight is 702 g/mol. The molecule has 0 aliphatic rings. The first kappa shape index (κ1) is 33.4. The summed E-state index contributed by atoms with van der Waals surface area (Å²) < 4.78 is 0. The van der Waals surface area contributed by atoms with Gasteiger partial charge in [-0.25, -0.2) is 0 Å². The van der Waals surface area contributed by atoms with Crippen LogP contribution < -0.4 is 0 Å². The molecule has 0 saturated heterocycles. The van der Waals surface area contributed by atoms with Crippen LogP contribution in [0.2, 0.25) is 19.1 Å². The van der Waals surface area contributed by atoms with Gasteiger partial charge in [0.15, 0.2) is 0 Å². The van der Waals surface area contributed by atoms with E-state index in [9.17, 15) is 0 Å². The highest BCUT2D eigenvalue weighted by atomic mass is 35.6. The second kappa shape index (κ2) is 16.5. The Kier molecular flexibility index (Phi) is 12.8. The second-order valence-electron chi connectivity index (χ2n) is 12.1. The summed E-state index contributed by atoms with van der Waals surface area (Å²) in [5.41, 5.74) is 0. The minimum absolute atomic E-state index is 1.11. The van der Waals surface area contributed by atoms with Gasteiger partial charge in [-0.3, -0.25) is 0 Å². The van der Waals surface area contributed by atoms with E-state index >= 15 is 0 Å². The lowest BCUT2D eigenvalue weighted by Gasteiger charge is -2.11. The standard InChI is InChI=1S/C36H45ClS5Si/c1-4-27-16-18-29(38-27)31-20-22-33(40-31)35-24-25-36(42-35)34-23-21-32(41-34)30-19-17-28(39-30)15-13-11-9-7-5-6-8-10-12-14-26-43(2,3)37/h16-25H,4-15,26H2,1-3H3. The van der Waals surface area contributed by atoms with Gasteiger partial charge in [-0.05, 0) is 86.0 Å². The molecule has 0 radical (unpaired) electrons. The molecule has 43 heavy (non-hydrogen) atoms. The predicted molar refractivity (Wildman–Crippen MR) is 205 cm³/mol. The maximum absolute atomic E-state index is 6.42. The van der Waals surface area contributed by atoms with Crippen LogP contribution in [0.25, 0.3) is 39.0 Å². The number of thiophene rings is 5. The van der Waals surface area contributed by atoms with Crippen LogP contribution in [0, 0.1) is 0 Å². The number of rotatable bonds is 18. The van der Waals surface area contributed by atoms with Crippen molar-refractivity contribution >= 4 is 75.1 Å². The van der Waals surface area contributed by atoms with Gasteiger partial charge < -0.3 is 0 Å². The third-order valence-corrected chi connectivity index (χ3v) is 16.4. The third kappa shape index (κ3) is 10.3. The smallest absolute Gasteiger partial charge is 0.150 e. The third-order valence-electron chi connectivity index (χ3n) is 7.91. The molecule has 0 saturated carbocycles. The summed E-state index contributed by atoms with van der Waals surface area (Å²) in [5.74, 6) is 0. The summed E-state index contributed by atoms with van der Waals surface area (Å²) in [6, 6.07) is 24.4. The first-order valence-corrected chi connectivity index (χ1v) is 24.4. The SMILES string of the molecule is CCc1ccc(-c2ccc(-c3ccc(-c4ccc(-c5ccc(CCCCCCCCCCCC[Si](C)(C)Cl)s5)s4)s3)s2)s1. The summed E-state index contributed by atoms with van der Waals surface area (Å²) in [7, 11) is -1.35. The molecule has 0 aromatic carbocycles. The summed E-state index contributed by atoms with van der Waals surface area (Å²) in [6.45, 7) is 6.76. The summed E-state index contributed by atoms with van der Waals surface area (Å²) >= 11 is 16.1. The molecule has 0 bridgehead atoms. The average Bonchev–Trinajstić information content (AvgIpc) is 3.82. The molecule has 5 aromatic heterocycles. The van der Waals surface area contributed by atoms with E-state index < -0.39 is 7.38 Å². The quantitative estimate of drug-likeness (QED) is 0.0485. The van der Waals surface area contributed by atoms with E-state index in [-0.39, 0.29) is 0 Å². The lowest BCUT2D eigenvalue weighted by atomic mass is 10.1. The largest absolute Gasteiger partial charge is 0.168 e. The second-order valence-corrected chi connectivity index (χ2v) is 24.7. The molecular weight excluding hydrogens is 656 g/mol. The van der Waals surface area contributed by atoms with Gasteiger partial charge in [-0.2, -0.15) is 11.1 Å². The molecule has 0 aliphatic heterocycles. The van der Waals surface area contributed by atoms with Crippen molar-refractivity contribution in [3.05, 3.63) is 70.4 Å². The fourth-order valence-corrected chi connectivity index (χ4v) is 12.3. The van der Waals surface area contributed by atoms with Crippen LogP contribution in [-0.2, 0) is 12.8 Å². The zero-order valence-corrected chi connectivity index (χ0v) is 31.7. The minimum Gasteiger partial charge on any atom is -0.168 e.